The zero-order chi connectivity index (χ0) is 22.6. The molecular formula is C31H21N3. The fourth-order valence-corrected chi connectivity index (χ4v) is 5.88. The van der Waals surface area contributed by atoms with Gasteiger partial charge in [-0.05, 0) is 77.7 Å². The lowest BCUT2D eigenvalue weighted by molar-refractivity contribution is 1.22. The van der Waals surface area contributed by atoms with Gasteiger partial charge < -0.3 is 0 Å². The molecule has 0 saturated heterocycles. The molecule has 3 heteroatoms. The molecule has 8 aromatic rings. The Bertz CT molecular complexity index is 2090. The number of benzene rings is 5. The third-order valence-electron chi connectivity index (χ3n) is 7.39. The summed E-state index contributed by atoms with van der Waals surface area (Å²) in [7, 11) is 0. The van der Waals surface area contributed by atoms with Crippen molar-refractivity contribution in [2.45, 2.75) is 13.8 Å². The summed E-state index contributed by atoms with van der Waals surface area (Å²) in [5.41, 5.74) is 10.9. The van der Waals surface area contributed by atoms with Gasteiger partial charge in [0.15, 0.2) is 0 Å². The molecule has 0 aliphatic carbocycles. The van der Waals surface area contributed by atoms with Crippen LogP contribution in [0.1, 0.15) is 11.1 Å². The summed E-state index contributed by atoms with van der Waals surface area (Å²) in [6, 6.07) is 33.2. The first-order valence-electron chi connectivity index (χ1n) is 11.7. The van der Waals surface area contributed by atoms with E-state index in [2.05, 4.69) is 114 Å². The van der Waals surface area contributed by atoms with Gasteiger partial charge >= 0.3 is 0 Å². The summed E-state index contributed by atoms with van der Waals surface area (Å²) in [5.74, 6) is 0.976. The van der Waals surface area contributed by atoms with E-state index in [0.717, 1.165) is 16.8 Å². The highest BCUT2D eigenvalue weighted by atomic mass is 15.2. The van der Waals surface area contributed by atoms with Crippen molar-refractivity contribution >= 4 is 54.9 Å². The number of nitrogens with zero attached hydrogens (tertiary/aromatic N) is 3. The average molecular weight is 436 g/mol. The first kappa shape index (κ1) is 18.1. The highest BCUT2D eigenvalue weighted by Crippen LogP contribution is 2.41. The van der Waals surface area contributed by atoms with Crippen LogP contribution in [0.2, 0.25) is 0 Å². The molecule has 5 aromatic carbocycles. The smallest absolute Gasteiger partial charge is 0.220 e. The third-order valence-corrected chi connectivity index (χ3v) is 7.39. The van der Waals surface area contributed by atoms with Gasteiger partial charge in [0.05, 0.1) is 27.6 Å². The van der Waals surface area contributed by atoms with Crippen molar-refractivity contribution in [1.29, 1.82) is 0 Å². The molecule has 0 spiro atoms. The maximum absolute atomic E-state index is 5.09. The second kappa shape index (κ2) is 6.15. The highest BCUT2D eigenvalue weighted by Gasteiger charge is 2.22. The van der Waals surface area contributed by atoms with Crippen LogP contribution in [0.15, 0.2) is 91.0 Å². The fraction of sp³-hybridized carbons (Fsp3) is 0.0645. The van der Waals surface area contributed by atoms with Gasteiger partial charge in [-0.2, -0.15) is 0 Å². The minimum Gasteiger partial charge on any atom is -0.277 e. The van der Waals surface area contributed by atoms with Gasteiger partial charge in [-0.3, -0.25) is 8.80 Å². The molecule has 0 atom stereocenters. The van der Waals surface area contributed by atoms with Crippen LogP contribution < -0.4 is 0 Å². The van der Waals surface area contributed by atoms with E-state index in [-0.39, 0.29) is 0 Å². The highest BCUT2D eigenvalue weighted by molar-refractivity contribution is 6.19. The molecule has 160 valence electrons. The van der Waals surface area contributed by atoms with Crippen LogP contribution in [-0.2, 0) is 0 Å². The molecule has 3 aromatic heterocycles. The predicted molar refractivity (Wildman–Crippen MR) is 142 cm³/mol. The van der Waals surface area contributed by atoms with Gasteiger partial charge in [0, 0.05) is 10.8 Å². The minimum absolute atomic E-state index is 0.976. The predicted octanol–water partition coefficient (Wildman–Crippen LogP) is 7.92. The number of rotatable bonds is 1. The van der Waals surface area contributed by atoms with Gasteiger partial charge in [0.1, 0.15) is 0 Å². The largest absolute Gasteiger partial charge is 0.277 e. The van der Waals surface area contributed by atoms with E-state index in [9.17, 15) is 0 Å². The summed E-state index contributed by atoms with van der Waals surface area (Å²) < 4.78 is 4.69. The molecule has 0 bridgehead atoms. The van der Waals surface area contributed by atoms with Gasteiger partial charge in [-0.25, -0.2) is 4.98 Å². The lowest BCUT2D eigenvalue weighted by Crippen LogP contribution is -1.87. The molecule has 0 N–H and O–H groups in total. The summed E-state index contributed by atoms with van der Waals surface area (Å²) in [6.45, 7) is 4.36. The quantitative estimate of drug-likeness (QED) is 0.257. The van der Waals surface area contributed by atoms with E-state index in [1.807, 2.05) is 0 Å². The first-order chi connectivity index (χ1) is 16.7. The molecule has 3 nitrogen and oxygen atoms in total. The van der Waals surface area contributed by atoms with E-state index in [1.165, 1.54) is 60.3 Å². The fourth-order valence-electron chi connectivity index (χ4n) is 5.88. The van der Waals surface area contributed by atoms with Crippen molar-refractivity contribution in [3.8, 4) is 11.1 Å². The van der Waals surface area contributed by atoms with Gasteiger partial charge in [0.2, 0.25) is 5.78 Å². The summed E-state index contributed by atoms with van der Waals surface area (Å²) in [6.07, 6.45) is 0. The van der Waals surface area contributed by atoms with E-state index >= 15 is 0 Å². The Hall–Kier alpha value is -4.37. The monoisotopic (exact) mass is 435 g/mol. The number of para-hydroxylation sites is 2. The molecule has 8 rings (SSSR count). The Labute approximate surface area is 195 Å². The Balaban J connectivity index is 1.65. The normalized spacial score (nSPS) is 12.4. The standard InChI is InChI=1S/C31H21N3/c1-18-11-12-23(19(2)13-18)22-15-25-24-14-20-7-3-4-8-21(20)16-28(24)34-30(25)29(17-22)33-27-10-6-5-9-26(27)32-31(33)34/h3-17H,1-2H3. The Morgan fingerprint density at radius 3 is 2.26 bits per heavy atom. The molecule has 0 fully saturated rings. The lowest BCUT2D eigenvalue weighted by atomic mass is 9.96. The van der Waals surface area contributed by atoms with Gasteiger partial charge in [0.25, 0.3) is 0 Å². The number of aromatic nitrogens is 3. The topological polar surface area (TPSA) is 21.7 Å². The summed E-state index contributed by atoms with van der Waals surface area (Å²) in [5, 5.41) is 5.07. The van der Waals surface area contributed by atoms with Crippen LogP contribution in [0.4, 0.5) is 0 Å². The molecule has 0 aliphatic heterocycles. The second-order valence-electron chi connectivity index (χ2n) is 9.50. The van der Waals surface area contributed by atoms with Crippen molar-refractivity contribution < 1.29 is 0 Å². The van der Waals surface area contributed by atoms with Gasteiger partial charge in [-0.1, -0.05) is 60.2 Å². The molecule has 0 amide bonds. The Morgan fingerprint density at radius 2 is 1.41 bits per heavy atom. The van der Waals surface area contributed by atoms with Crippen LogP contribution in [0.3, 0.4) is 0 Å². The minimum atomic E-state index is 0.976. The molecule has 3 heterocycles. The third kappa shape index (κ3) is 2.19. The molecule has 0 aliphatic rings. The zero-order valence-corrected chi connectivity index (χ0v) is 19.0. The molecule has 0 saturated carbocycles. The second-order valence-corrected chi connectivity index (χ2v) is 9.50. The van der Waals surface area contributed by atoms with E-state index in [4.69, 9.17) is 4.98 Å². The van der Waals surface area contributed by atoms with E-state index < -0.39 is 0 Å². The SMILES string of the molecule is Cc1ccc(-c2cc3c4cc5ccccc5cc4n4c3c(c2)n2c3ccccc3nc24)c(C)c1. The van der Waals surface area contributed by atoms with Crippen molar-refractivity contribution in [3.63, 3.8) is 0 Å². The maximum Gasteiger partial charge on any atom is 0.220 e. The first-order valence-corrected chi connectivity index (χ1v) is 11.7. The van der Waals surface area contributed by atoms with Crippen molar-refractivity contribution in [2.75, 3.05) is 0 Å². The summed E-state index contributed by atoms with van der Waals surface area (Å²) >= 11 is 0. The number of aryl methyl sites for hydroxylation is 2. The van der Waals surface area contributed by atoms with Gasteiger partial charge in [-0.15, -0.1) is 0 Å². The molecule has 0 radical (unpaired) electrons. The van der Waals surface area contributed by atoms with E-state index in [0.29, 0.717) is 0 Å². The van der Waals surface area contributed by atoms with Crippen LogP contribution in [-0.4, -0.2) is 13.8 Å². The number of imidazole rings is 2. The maximum atomic E-state index is 5.09. The van der Waals surface area contributed by atoms with Crippen LogP contribution in [0.25, 0.3) is 66.0 Å². The lowest BCUT2D eigenvalue weighted by Gasteiger charge is -2.09. The van der Waals surface area contributed by atoms with Crippen LogP contribution in [0, 0.1) is 13.8 Å². The van der Waals surface area contributed by atoms with Crippen molar-refractivity contribution in [1.82, 2.24) is 13.8 Å². The summed E-state index contributed by atoms with van der Waals surface area (Å²) in [4.78, 5) is 5.09. The van der Waals surface area contributed by atoms with Crippen LogP contribution in [0.5, 0.6) is 0 Å². The zero-order valence-electron chi connectivity index (χ0n) is 19.0. The molecule has 0 unspecified atom stereocenters. The Morgan fingerprint density at radius 1 is 0.618 bits per heavy atom. The van der Waals surface area contributed by atoms with E-state index in [1.54, 1.807) is 0 Å². The number of fused-ring (bicyclic) bond motifs is 9. The number of hydrogen-bond donors (Lipinski definition) is 0. The Kier molecular flexibility index (Phi) is 3.27. The van der Waals surface area contributed by atoms with Crippen molar-refractivity contribution in [2.24, 2.45) is 0 Å². The molecular weight excluding hydrogens is 414 g/mol. The van der Waals surface area contributed by atoms with Crippen LogP contribution >= 0.6 is 0 Å². The average Bonchev–Trinajstić information content (AvgIpc) is 3.47. The number of hydrogen-bond acceptors (Lipinski definition) is 1. The van der Waals surface area contributed by atoms with Crippen molar-refractivity contribution in [3.05, 3.63) is 102 Å². The molecule has 34 heavy (non-hydrogen) atoms.